The van der Waals surface area contributed by atoms with Gasteiger partial charge in [0.25, 0.3) is 15.6 Å². The van der Waals surface area contributed by atoms with E-state index in [1.165, 1.54) is 0 Å². The Morgan fingerprint density at radius 1 is 1.26 bits per heavy atom. The van der Waals surface area contributed by atoms with Crippen LogP contribution in [0.5, 0.6) is 0 Å². The highest BCUT2D eigenvalue weighted by Gasteiger charge is 2.28. The summed E-state index contributed by atoms with van der Waals surface area (Å²) in [5.41, 5.74) is -0.512. The van der Waals surface area contributed by atoms with E-state index in [9.17, 15) is 23.1 Å². The number of ether oxygens (including phenoxy) is 2. The molecule has 0 saturated carbocycles. The second-order valence-electron chi connectivity index (χ2n) is 8.01. The van der Waals surface area contributed by atoms with Gasteiger partial charge in [-0.15, -0.1) is 4.09 Å². The van der Waals surface area contributed by atoms with Crippen LogP contribution in [-0.4, -0.2) is 53.9 Å². The van der Waals surface area contributed by atoms with Crippen molar-refractivity contribution in [2.75, 3.05) is 19.5 Å². The molecule has 0 fully saturated rings. The Balaban J connectivity index is 2.36. The lowest BCUT2D eigenvalue weighted by molar-refractivity contribution is 0.0423. The standard InChI is InChI=1S/C20H29N3O7S/c1-20(2,3)30-19(26)21-16(13-29-12-14-8-6-5-7-9-14)17-15(10-11-24)18(25)23(22-17)31(4,27)28/h5-9,16,22,24H,10-13H2,1-4H3,(H,21,26)/t16-/m0/s1. The Morgan fingerprint density at radius 3 is 2.45 bits per heavy atom. The van der Waals surface area contributed by atoms with E-state index in [1.807, 2.05) is 30.3 Å². The fraction of sp³-hybridized carbons (Fsp3) is 0.500. The topological polar surface area (TPSA) is 140 Å². The van der Waals surface area contributed by atoms with Crippen molar-refractivity contribution in [3.8, 4) is 0 Å². The van der Waals surface area contributed by atoms with Crippen LogP contribution in [0, 0.1) is 0 Å². The number of benzene rings is 1. The molecule has 0 aliphatic carbocycles. The number of aromatic amines is 1. The third-order valence-electron chi connectivity index (χ3n) is 4.12. The van der Waals surface area contributed by atoms with Crippen LogP contribution in [0.4, 0.5) is 4.79 Å². The third-order valence-corrected chi connectivity index (χ3v) is 5.04. The number of carbonyl (C=O) groups excluding carboxylic acids is 1. The number of aliphatic hydroxyl groups excluding tert-OH is 1. The van der Waals surface area contributed by atoms with E-state index in [0.29, 0.717) is 4.09 Å². The number of aromatic nitrogens is 2. The number of nitrogens with zero attached hydrogens (tertiary/aromatic N) is 1. The van der Waals surface area contributed by atoms with Gasteiger partial charge in [-0.2, -0.15) is 0 Å². The molecule has 10 nitrogen and oxygen atoms in total. The van der Waals surface area contributed by atoms with Crippen molar-refractivity contribution in [3.63, 3.8) is 0 Å². The Morgan fingerprint density at radius 2 is 1.90 bits per heavy atom. The Labute approximate surface area is 181 Å². The molecular weight excluding hydrogens is 426 g/mol. The number of hydrogen-bond acceptors (Lipinski definition) is 7. The SMILES string of the molecule is CC(C)(C)OC(=O)N[C@@H](COCc1ccccc1)c1[nH]n(S(C)(=O)=O)c(=O)c1CCO. The summed E-state index contributed by atoms with van der Waals surface area (Å²) in [7, 11) is -3.93. The molecule has 1 heterocycles. The fourth-order valence-electron chi connectivity index (χ4n) is 2.86. The lowest BCUT2D eigenvalue weighted by Gasteiger charge is -2.23. The quantitative estimate of drug-likeness (QED) is 0.518. The van der Waals surface area contributed by atoms with Gasteiger partial charge in [-0.25, -0.2) is 13.2 Å². The van der Waals surface area contributed by atoms with Crippen LogP contribution in [0.3, 0.4) is 0 Å². The molecule has 172 valence electrons. The Bertz CT molecular complexity index is 1040. The van der Waals surface area contributed by atoms with E-state index >= 15 is 0 Å². The highest BCUT2D eigenvalue weighted by Crippen LogP contribution is 2.18. The van der Waals surface area contributed by atoms with Gasteiger partial charge >= 0.3 is 6.09 Å². The van der Waals surface area contributed by atoms with Crippen LogP contribution >= 0.6 is 0 Å². The lowest BCUT2D eigenvalue weighted by atomic mass is 10.1. The number of amides is 1. The van der Waals surface area contributed by atoms with Gasteiger partial charge in [0.1, 0.15) is 5.60 Å². The minimum absolute atomic E-state index is 0.0392. The minimum Gasteiger partial charge on any atom is -0.444 e. The molecule has 1 aromatic carbocycles. The summed E-state index contributed by atoms with van der Waals surface area (Å²) in [6, 6.07) is 8.41. The van der Waals surface area contributed by atoms with Crippen molar-refractivity contribution >= 4 is 16.1 Å². The van der Waals surface area contributed by atoms with Crippen LogP contribution in [0.1, 0.15) is 43.6 Å². The molecule has 1 amide bonds. The van der Waals surface area contributed by atoms with E-state index in [0.717, 1.165) is 11.8 Å². The normalized spacial score (nSPS) is 13.1. The maximum atomic E-state index is 12.6. The van der Waals surface area contributed by atoms with Crippen molar-refractivity contribution < 1.29 is 27.8 Å². The van der Waals surface area contributed by atoms with Gasteiger partial charge in [0.05, 0.1) is 31.2 Å². The van der Waals surface area contributed by atoms with Crippen molar-refractivity contribution in [1.82, 2.24) is 14.5 Å². The Kier molecular flexibility index (Phi) is 8.04. The van der Waals surface area contributed by atoms with Crippen LogP contribution in [-0.2, 0) is 32.5 Å². The molecule has 11 heteroatoms. The van der Waals surface area contributed by atoms with E-state index < -0.39 is 33.3 Å². The molecule has 0 aliphatic rings. The van der Waals surface area contributed by atoms with Gasteiger partial charge < -0.3 is 19.9 Å². The molecule has 0 unspecified atom stereocenters. The number of alkyl carbamates (subject to hydrolysis) is 1. The molecular formula is C20H29N3O7S. The summed E-state index contributed by atoms with van der Waals surface area (Å²) in [5, 5.41) is 14.5. The largest absolute Gasteiger partial charge is 0.444 e. The van der Waals surface area contributed by atoms with E-state index in [-0.39, 0.29) is 37.5 Å². The second kappa shape index (κ2) is 10.1. The number of aliphatic hydroxyl groups is 1. The first kappa shape index (κ1) is 24.6. The lowest BCUT2D eigenvalue weighted by Crippen LogP contribution is -2.37. The first-order valence-corrected chi connectivity index (χ1v) is 11.5. The monoisotopic (exact) mass is 455 g/mol. The Hall–Kier alpha value is -2.63. The highest BCUT2D eigenvalue weighted by molar-refractivity contribution is 7.89. The maximum absolute atomic E-state index is 12.6. The van der Waals surface area contributed by atoms with E-state index in [1.54, 1.807) is 20.8 Å². The summed E-state index contributed by atoms with van der Waals surface area (Å²) in [5.74, 6) is 0. The van der Waals surface area contributed by atoms with Gasteiger partial charge in [0.15, 0.2) is 0 Å². The molecule has 0 spiro atoms. The zero-order valence-electron chi connectivity index (χ0n) is 18.0. The van der Waals surface area contributed by atoms with Gasteiger partial charge in [0, 0.05) is 18.6 Å². The molecule has 1 aromatic heterocycles. The fourth-order valence-corrected chi connectivity index (χ4v) is 3.53. The summed E-state index contributed by atoms with van der Waals surface area (Å²) in [6.45, 7) is 4.88. The predicted molar refractivity (Wildman–Crippen MR) is 114 cm³/mol. The van der Waals surface area contributed by atoms with Gasteiger partial charge in [-0.05, 0) is 26.3 Å². The molecule has 2 aromatic rings. The minimum atomic E-state index is -3.93. The number of nitrogens with one attached hydrogen (secondary N) is 2. The van der Waals surface area contributed by atoms with Crippen LogP contribution in [0.25, 0.3) is 0 Å². The van der Waals surface area contributed by atoms with Crippen molar-refractivity contribution in [2.24, 2.45) is 0 Å². The molecule has 0 aliphatic heterocycles. The molecule has 1 atom stereocenters. The van der Waals surface area contributed by atoms with Gasteiger partial charge in [-0.3, -0.25) is 9.89 Å². The number of hydrogen-bond donors (Lipinski definition) is 3. The summed E-state index contributed by atoms with van der Waals surface area (Å²) in [4.78, 5) is 25.0. The molecule has 2 rings (SSSR count). The van der Waals surface area contributed by atoms with Crippen LogP contribution in [0.2, 0.25) is 0 Å². The average Bonchev–Trinajstić information content (AvgIpc) is 2.97. The van der Waals surface area contributed by atoms with Crippen LogP contribution < -0.4 is 10.9 Å². The number of rotatable bonds is 9. The first-order chi connectivity index (χ1) is 14.4. The first-order valence-electron chi connectivity index (χ1n) is 9.68. The van der Waals surface area contributed by atoms with Gasteiger partial charge in [0.2, 0.25) is 0 Å². The number of carbonyl (C=O) groups is 1. The molecule has 0 bridgehead atoms. The smallest absolute Gasteiger partial charge is 0.408 e. The zero-order valence-corrected chi connectivity index (χ0v) is 18.9. The molecule has 31 heavy (non-hydrogen) atoms. The highest BCUT2D eigenvalue weighted by atomic mass is 32.2. The molecule has 3 N–H and O–H groups in total. The molecule has 0 saturated heterocycles. The summed E-state index contributed by atoms with van der Waals surface area (Å²) >= 11 is 0. The predicted octanol–water partition coefficient (Wildman–Crippen LogP) is 1.30. The van der Waals surface area contributed by atoms with Crippen molar-refractivity contribution in [3.05, 3.63) is 57.5 Å². The summed E-state index contributed by atoms with van der Waals surface area (Å²) < 4.78 is 35.5. The van der Waals surface area contributed by atoms with Crippen molar-refractivity contribution in [1.29, 1.82) is 0 Å². The average molecular weight is 456 g/mol. The zero-order chi connectivity index (χ0) is 23.2. The summed E-state index contributed by atoms with van der Waals surface area (Å²) in [6.07, 6.45) is 0.0153. The number of H-pyrrole nitrogens is 1. The third kappa shape index (κ3) is 7.23. The second-order valence-corrected chi connectivity index (χ2v) is 9.84. The van der Waals surface area contributed by atoms with Crippen LogP contribution in [0.15, 0.2) is 35.1 Å². The maximum Gasteiger partial charge on any atom is 0.408 e. The van der Waals surface area contributed by atoms with Gasteiger partial charge in [-0.1, -0.05) is 30.3 Å². The molecule has 0 radical (unpaired) electrons. The van der Waals surface area contributed by atoms with Crippen molar-refractivity contribution in [2.45, 2.75) is 45.4 Å². The van der Waals surface area contributed by atoms with E-state index in [4.69, 9.17) is 9.47 Å². The van der Waals surface area contributed by atoms with E-state index in [2.05, 4.69) is 10.4 Å².